The number of hydrogen-bond donors (Lipinski definition) is 0. The maximum absolute atomic E-state index is 12.3. The second kappa shape index (κ2) is 6.54. The number of halogens is 1. The lowest BCUT2D eigenvalue weighted by Crippen LogP contribution is -2.33. The molecule has 1 aromatic heterocycles. The fourth-order valence-corrected chi connectivity index (χ4v) is 2.20. The van der Waals surface area contributed by atoms with Crippen LogP contribution in [-0.2, 0) is 9.53 Å². The van der Waals surface area contributed by atoms with E-state index in [1.165, 1.54) is 11.9 Å². The first kappa shape index (κ1) is 15.3. The van der Waals surface area contributed by atoms with Crippen molar-refractivity contribution in [2.24, 2.45) is 0 Å². The lowest BCUT2D eigenvalue weighted by Gasteiger charge is -2.16. The number of benzene rings is 1. The number of hydrogen-bond acceptors (Lipinski definition) is 4. The Hall–Kier alpha value is -2.14. The summed E-state index contributed by atoms with van der Waals surface area (Å²) in [6, 6.07) is 9.05. The van der Waals surface area contributed by atoms with Gasteiger partial charge in [0.1, 0.15) is 17.4 Å². The van der Waals surface area contributed by atoms with Crippen LogP contribution in [0.25, 0.3) is 10.8 Å². The summed E-state index contributed by atoms with van der Waals surface area (Å²) in [4.78, 5) is 29.0. The lowest BCUT2D eigenvalue weighted by atomic mass is 10.1. The zero-order valence-electron chi connectivity index (χ0n) is 11.8. The van der Waals surface area contributed by atoms with Crippen molar-refractivity contribution in [3.63, 3.8) is 0 Å². The van der Waals surface area contributed by atoms with Gasteiger partial charge >= 0.3 is 5.97 Å². The van der Waals surface area contributed by atoms with Crippen molar-refractivity contribution < 1.29 is 14.3 Å². The molecular weight excluding hydrogens is 292 g/mol. The number of fused-ring (bicyclic) bond motifs is 1. The number of carbonyl (C=O) groups is 2. The van der Waals surface area contributed by atoms with Crippen LogP contribution in [0, 0.1) is 0 Å². The van der Waals surface area contributed by atoms with Crippen LogP contribution in [0.1, 0.15) is 17.4 Å². The van der Waals surface area contributed by atoms with Gasteiger partial charge in [-0.05, 0) is 18.4 Å². The molecule has 0 aliphatic heterocycles. The van der Waals surface area contributed by atoms with Crippen LogP contribution in [0.3, 0.4) is 0 Å². The summed E-state index contributed by atoms with van der Waals surface area (Å²) >= 11 is 6.09. The van der Waals surface area contributed by atoms with Gasteiger partial charge in [0.25, 0.3) is 5.91 Å². The number of ether oxygens (including phenoxy) is 1. The normalized spacial score (nSPS) is 10.4. The number of pyridine rings is 1. The Kier molecular flexibility index (Phi) is 4.75. The molecule has 2 aromatic rings. The number of likely N-dealkylation sites (N-methyl/N-ethyl adjacent to an activating group) is 1. The summed E-state index contributed by atoms with van der Waals surface area (Å²) in [5, 5.41) is 1.87. The Bertz CT molecular complexity index is 688. The van der Waals surface area contributed by atoms with Crippen molar-refractivity contribution >= 4 is 34.2 Å². The van der Waals surface area contributed by atoms with Gasteiger partial charge in [-0.2, -0.15) is 0 Å². The highest BCUT2D eigenvalue weighted by atomic mass is 35.5. The third-order valence-electron chi connectivity index (χ3n) is 2.93. The molecule has 110 valence electrons. The van der Waals surface area contributed by atoms with Gasteiger partial charge in [-0.3, -0.25) is 9.59 Å². The fourth-order valence-electron chi connectivity index (χ4n) is 1.93. The minimum Gasteiger partial charge on any atom is -0.465 e. The highest BCUT2D eigenvalue weighted by Crippen LogP contribution is 2.22. The van der Waals surface area contributed by atoms with Crippen molar-refractivity contribution in [2.75, 3.05) is 20.2 Å². The van der Waals surface area contributed by atoms with Crippen LogP contribution in [0.2, 0.25) is 5.15 Å². The maximum atomic E-state index is 12.3. The predicted molar refractivity (Wildman–Crippen MR) is 80.3 cm³/mol. The van der Waals surface area contributed by atoms with Gasteiger partial charge in [0, 0.05) is 12.4 Å². The summed E-state index contributed by atoms with van der Waals surface area (Å²) in [6.07, 6.45) is 0. The van der Waals surface area contributed by atoms with E-state index in [4.69, 9.17) is 16.3 Å². The van der Waals surface area contributed by atoms with E-state index in [2.05, 4.69) is 4.98 Å². The molecule has 0 saturated heterocycles. The standard InChI is InChI=1S/C15H15ClN2O3/c1-3-21-13(19)9-18(2)15(20)12-8-10-6-4-5-7-11(10)14(16)17-12/h4-8H,3,9H2,1-2H3. The van der Waals surface area contributed by atoms with E-state index < -0.39 is 5.97 Å². The Balaban J connectivity index is 2.25. The Morgan fingerprint density at radius 2 is 2.05 bits per heavy atom. The van der Waals surface area contributed by atoms with E-state index in [-0.39, 0.29) is 29.9 Å². The summed E-state index contributed by atoms with van der Waals surface area (Å²) in [5.74, 6) is -0.837. The highest BCUT2D eigenvalue weighted by Gasteiger charge is 2.18. The van der Waals surface area contributed by atoms with Gasteiger partial charge in [0.05, 0.1) is 6.61 Å². The molecule has 0 atom stereocenters. The number of amides is 1. The minimum atomic E-state index is -0.458. The van der Waals surface area contributed by atoms with Crippen LogP contribution >= 0.6 is 11.6 Å². The quantitative estimate of drug-likeness (QED) is 0.643. The SMILES string of the molecule is CCOC(=O)CN(C)C(=O)c1cc2ccccc2c(Cl)n1. The molecule has 5 nitrogen and oxygen atoms in total. The highest BCUT2D eigenvalue weighted by molar-refractivity contribution is 6.34. The zero-order chi connectivity index (χ0) is 15.4. The predicted octanol–water partition coefficient (Wildman–Crippen LogP) is 2.52. The van der Waals surface area contributed by atoms with E-state index in [9.17, 15) is 9.59 Å². The van der Waals surface area contributed by atoms with Crippen LogP contribution in [-0.4, -0.2) is 42.0 Å². The first-order valence-corrected chi connectivity index (χ1v) is 6.87. The number of carbonyl (C=O) groups excluding carboxylic acids is 2. The number of rotatable bonds is 4. The molecule has 0 aliphatic carbocycles. The lowest BCUT2D eigenvalue weighted by molar-refractivity contribution is -0.143. The smallest absolute Gasteiger partial charge is 0.325 e. The molecule has 0 bridgehead atoms. The Morgan fingerprint density at radius 3 is 2.76 bits per heavy atom. The number of aromatic nitrogens is 1. The van der Waals surface area contributed by atoms with Gasteiger partial charge < -0.3 is 9.64 Å². The van der Waals surface area contributed by atoms with Gasteiger partial charge in [0.2, 0.25) is 0 Å². The minimum absolute atomic E-state index is 0.126. The van der Waals surface area contributed by atoms with Crippen molar-refractivity contribution in [1.82, 2.24) is 9.88 Å². The topological polar surface area (TPSA) is 59.5 Å². The molecule has 2 rings (SSSR count). The Morgan fingerprint density at radius 1 is 1.33 bits per heavy atom. The third-order valence-corrected chi connectivity index (χ3v) is 3.22. The average Bonchev–Trinajstić information content (AvgIpc) is 2.46. The van der Waals surface area contributed by atoms with Gasteiger partial charge in [0.15, 0.2) is 0 Å². The molecule has 1 amide bonds. The molecular formula is C15H15ClN2O3. The van der Waals surface area contributed by atoms with E-state index >= 15 is 0 Å². The van der Waals surface area contributed by atoms with E-state index in [0.29, 0.717) is 0 Å². The fraction of sp³-hybridized carbons (Fsp3) is 0.267. The maximum Gasteiger partial charge on any atom is 0.325 e. The monoisotopic (exact) mass is 306 g/mol. The van der Waals surface area contributed by atoms with Crippen LogP contribution < -0.4 is 0 Å². The number of esters is 1. The first-order valence-electron chi connectivity index (χ1n) is 6.49. The second-order valence-electron chi connectivity index (χ2n) is 4.49. The van der Waals surface area contributed by atoms with E-state index in [1.54, 1.807) is 13.0 Å². The van der Waals surface area contributed by atoms with Crippen molar-refractivity contribution in [2.45, 2.75) is 6.92 Å². The summed E-state index contributed by atoms with van der Waals surface area (Å²) in [7, 11) is 1.52. The molecule has 1 aromatic carbocycles. The summed E-state index contributed by atoms with van der Waals surface area (Å²) < 4.78 is 4.81. The third kappa shape index (κ3) is 3.49. The molecule has 0 aliphatic rings. The van der Waals surface area contributed by atoms with Crippen molar-refractivity contribution in [3.8, 4) is 0 Å². The largest absolute Gasteiger partial charge is 0.465 e. The van der Waals surface area contributed by atoms with Crippen molar-refractivity contribution in [3.05, 3.63) is 41.2 Å². The zero-order valence-corrected chi connectivity index (χ0v) is 12.6. The van der Waals surface area contributed by atoms with E-state index in [1.807, 2.05) is 24.3 Å². The van der Waals surface area contributed by atoms with Gasteiger partial charge in [-0.1, -0.05) is 35.9 Å². The molecule has 0 saturated carbocycles. The summed E-state index contributed by atoms with van der Waals surface area (Å²) in [6.45, 7) is 1.87. The van der Waals surface area contributed by atoms with Gasteiger partial charge in [-0.25, -0.2) is 4.98 Å². The first-order chi connectivity index (χ1) is 10.0. The molecule has 0 radical (unpaired) electrons. The van der Waals surface area contributed by atoms with Crippen molar-refractivity contribution in [1.29, 1.82) is 0 Å². The molecule has 21 heavy (non-hydrogen) atoms. The summed E-state index contributed by atoms with van der Waals surface area (Å²) in [5.41, 5.74) is 0.200. The Labute approximate surface area is 127 Å². The molecule has 0 fully saturated rings. The molecule has 0 N–H and O–H groups in total. The van der Waals surface area contributed by atoms with Crippen LogP contribution in [0.5, 0.6) is 0 Å². The molecule has 1 heterocycles. The van der Waals surface area contributed by atoms with E-state index in [0.717, 1.165) is 10.8 Å². The van der Waals surface area contributed by atoms with Crippen LogP contribution in [0.15, 0.2) is 30.3 Å². The molecule has 0 unspecified atom stereocenters. The molecule has 0 spiro atoms. The average molecular weight is 307 g/mol. The van der Waals surface area contributed by atoms with Crippen LogP contribution in [0.4, 0.5) is 0 Å². The molecule has 6 heteroatoms. The van der Waals surface area contributed by atoms with Gasteiger partial charge in [-0.15, -0.1) is 0 Å². The number of nitrogens with zero attached hydrogens (tertiary/aromatic N) is 2. The second-order valence-corrected chi connectivity index (χ2v) is 4.84.